The molecule has 2 aliphatic rings. The third-order valence-corrected chi connectivity index (χ3v) is 7.51. The summed E-state index contributed by atoms with van der Waals surface area (Å²) in [7, 11) is 0. The van der Waals surface area contributed by atoms with Gasteiger partial charge in [0.25, 0.3) is 5.69 Å². The molecule has 1 aromatic heterocycles. The van der Waals surface area contributed by atoms with E-state index in [1.54, 1.807) is 30.5 Å². The number of anilines is 1. The number of alkyl halides is 2. The summed E-state index contributed by atoms with van der Waals surface area (Å²) in [5.74, 6) is 1.05. The highest BCUT2D eigenvalue weighted by atomic mass is 19.3. The molecule has 0 spiro atoms. The summed E-state index contributed by atoms with van der Waals surface area (Å²) in [5, 5.41) is 14.8. The van der Waals surface area contributed by atoms with Gasteiger partial charge in [0, 0.05) is 48.6 Å². The summed E-state index contributed by atoms with van der Waals surface area (Å²) in [6.07, 6.45) is 7.25. The molecule has 1 saturated heterocycles. The molecule has 3 atom stereocenters. The zero-order valence-electron chi connectivity index (χ0n) is 20.9. The van der Waals surface area contributed by atoms with Crippen molar-refractivity contribution in [3.05, 3.63) is 70.7 Å². The number of hydrogen-bond donors (Lipinski definition) is 2. The Labute approximate surface area is 219 Å². The lowest BCUT2D eigenvalue weighted by Gasteiger charge is -2.43. The van der Waals surface area contributed by atoms with Crippen molar-refractivity contribution in [2.24, 2.45) is 5.73 Å². The van der Waals surface area contributed by atoms with Crippen molar-refractivity contribution in [1.82, 2.24) is 10.3 Å². The first-order valence-electron chi connectivity index (χ1n) is 12.9. The summed E-state index contributed by atoms with van der Waals surface area (Å²) in [4.78, 5) is 17.4. The van der Waals surface area contributed by atoms with Crippen LogP contribution >= 0.6 is 0 Å². The molecule has 0 bridgehead atoms. The topological polar surface area (TPSA) is 120 Å². The highest BCUT2D eigenvalue weighted by Crippen LogP contribution is 2.37. The van der Waals surface area contributed by atoms with Crippen molar-refractivity contribution in [2.75, 3.05) is 18.0 Å². The Hall–Kier alpha value is -3.57. The number of nitro groups is 1. The maximum absolute atomic E-state index is 12.5. The number of nitro benzene ring substituents is 1. The molecule has 2 unspecified atom stereocenters. The SMILES string of the molecule is NC1(c2ncc(-c3ccc(OC(F)F)cc3)o2)CCCCC1N[C@H]1CCCN(c2ccc([N+](=O)[O-])cc2)C1. The Morgan fingerprint density at radius 1 is 1.13 bits per heavy atom. The van der Waals surface area contributed by atoms with Gasteiger partial charge in [-0.05, 0) is 62.1 Å². The number of oxazole rings is 1. The van der Waals surface area contributed by atoms with E-state index in [-0.39, 0.29) is 28.4 Å². The fraction of sp³-hybridized carbons (Fsp3) is 0.444. The van der Waals surface area contributed by atoms with E-state index in [9.17, 15) is 18.9 Å². The maximum atomic E-state index is 12.5. The minimum atomic E-state index is -2.88. The molecule has 0 amide bonds. The van der Waals surface area contributed by atoms with Gasteiger partial charge in [0.05, 0.1) is 11.1 Å². The first kappa shape index (κ1) is 26.1. The largest absolute Gasteiger partial charge is 0.439 e. The molecule has 38 heavy (non-hydrogen) atoms. The number of aromatic nitrogens is 1. The van der Waals surface area contributed by atoms with Crippen molar-refractivity contribution in [3.63, 3.8) is 0 Å². The second kappa shape index (κ2) is 11.0. The summed E-state index contributed by atoms with van der Waals surface area (Å²) in [6.45, 7) is -1.22. The molecule has 9 nitrogen and oxygen atoms in total. The van der Waals surface area contributed by atoms with E-state index in [2.05, 4.69) is 19.9 Å². The van der Waals surface area contributed by atoms with Gasteiger partial charge in [-0.1, -0.05) is 12.8 Å². The molecule has 2 aromatic carbocycles. The number of nitrogens with zero attached hydrogens (tertiary/aromatic N) is 3. The van der Waals surface area contributed by atoms with Gasteiger partial charge < -0.3 is 25.1 Å². The molecular formula is C27H31F2N5O4. The van der Waals surface area contributed by atoms with Crippen LogP contribution in [0, 0.1) is 10.1 Å². The maximum Gasteiger partial charge on any atom is 0.387 e. The molecule has 3 N–H and O–H groups in total. The number of non-ortho nitro benzene ring substituents is 1. The van der Waals surface area contributed by atoms with Gasteiger partial charge in [-0.2, -0.15) is 8.78 Å². The van der Waals surface area contributed by atoms with Crippen LogP contribution in [0.4, 0.5) is 20.2 Å². The number of benzene rings is 2. The molecular weight excluding hydrogens is 496 g/mol. The minimum absolute atomic E-state index is 0.0358. The quantitative estimate of drug-likeness (QED) is 0.303. The van der Waals surface area contributed by atoms with Crippen LogP contribution < -0.4 is 20.7 Å². The van der Waals surface area contributed by atoms with Crippen molar-refractivity contribution in [2.45, 2.75) is 62.8 Å². The second-order valence-corrected chi connectivity index (χ2v) is 10.00. The number of nitrogens with one attached hydrogen (secondary N) is 1. The van der Waals surface area contributed by atoms with E-state index in [1.165, 1.54) is 24.3 Å². The number of halogens is 2. The van der Waals surface area contributed by atoms with Crippen LogP contribution in [0.15, 0.2) is 59.1 Å². The first-order valence-corrected chi connectivity index (χ1v) is 12.9. The van der Waals surface area contributed by atoms with Crippen LogP contribution in [0.3, 0.4) is 0 Å². The zero-order chi connectivity index (χ0) is 26.7. The third kappa shape index (κ3) is 5.63. The van der Waals surface area contributed by atoms with E-state index in [4.69, 9.17) is 10.2 Å². The van der Waals surface area contributed by atoms with E-state index < -0.39 is 12.2 Å². The molecule has 2 heterocycles. The van der Waals surface area contributed by atoms with Crippen LogP contribution in [0.2, 0.25) is 0 Å². The molecule has 1 aliphatic carbocycles. The van der Waals surface area contributed by atoms with Crippen LogP contribution in [-0.4, -0.2) is 41.7 Å². The van der Waals surface area contributed by atoms with Crippen molar-refractivity contribution in [1.29, 1.82) is 0 Å². The van der Waals surface area contributed by atoms with Crippen LogP contribution in [0.1, 0.15) is 44.4 Å². The van der Waals surface area contributed by atoms with Crippen LogP contribution in [-0.2, 0) is 5.54 Å². The zero-order valence-corrected chi connectivity index (χ0v) is 20.9. The average molecular weight is 528 g/mol. The van der Waals surface area contributed by atoms with Crippen molar-refractivity contribution in [3.8, 4) is 17.1 Å². The Balaban J connectivity index is 1.28. The number of piperidine rings is 1. The first-order chi connectivity index (χ1) is 18.3. The summed E-state index contributed by atoms with van der Waals surface area (Å²) >= 11 is 0. The van der Waals surface area contributed by atoms with Crippen LogP contribution in [0.25, 0.3) is 11.3 Å². The summed E-state index contributed by atoms with van der Waals surface area (Å²) in [5.41, 5.74) is 7.96. The lowest BCUT2D eigenvalue weighted by atomic mass is 9.77. The summed E-state index contributed by atoms with van der Waals surface area (Å²) in [6, 6.07) is 13.1. The number of rotatable bonds is 8. The highest BCUT2D eigenvalue weighted by molar-refractivity contribution is 5.57. The van der Waals surface area contributed by atoms with Crippen molar-refractivity contribution >= 4 is 11.4 Å². The highest BCUT2D eigenvalue weighted by Gasteiger charge is 2.44. The predicted molar refractivity (Wildman–Crippen MR) is 138 cm³/mol. The molecule has 1 saturated carbocycles. The smallest absolute Gasteiger partial charge is 0.387 e. The van der Waals surface area contributed by atoms with Gasteiger partial charge >= 0.3 is 6.61 Å². The Bertz CT molecular complexity index is 1240. The fourth-order valence-electron chi connectivity index (χ4n) is 5.53. The van der Waals surface area contributed by atoms with Crippen LogP contribution in [0.5, 0.6) is 5.75 Å². The monoisotopic (exact) mass is 527 g/mol. The molecule has 0 radical (unpaired) electrons. The van der Waals surface area contributed by atoms with Gasteiger partial charge in [0.15, 0.2) is 5.76 Å². The normalized spacial score (nSPS) is 23.9. The molecule has 2 fully saturated rings. The van der Waals surface area contributed by atoms with Crippen molar-refractivity contribution < 1.29 is 22.9 Å². The Morgan fingerprint density at radius 3 is 2.61 bits per heavy atom. The molecule has 5 rings (SSSR count). The molecule has 1 aliphatic heterocycles. The second-order valence-electron chi connectivity index (χ2n) is 10.00. The molecule has 11 heteroatoms. The standard InChI is InChI=1S/C27H31F2N5O4/c28-26(29)37-22-12-6-18(7-13-22)23-16-31-25(38-23)27(30)14-2-1-5-24(27)32-19-4-3-15-33(17-19)20-8-10-21(11-9-20)34(35)36/h6-13,16,19,24,26,32H,1-5,14-15,17,30H2/t19-,24?,27?/m0/s1. The van der Waals surface area contributed by atoms with E-state index in [1.807, 2.05) is 0 Å². The van der Waals surface area contributed by atoms with E-state index in [0.717, 1.165) is 57.3 Å². The third-order valence-electron chi connectivity index (χ3n) is 7.51. The predicted octanol–water partition coefficient (Wildman–Crippen LogP) is 5.21. The molecule has 202 valence electrons. The van der Waals surface area contributed by atoms with E-state index >= 15 is 0 Å². The summed E-state index contributed by atoms with van der Waals surface area (Å²) < 4.78 is 35.5. The van der Waals surface area contributed by atoms with Gasteiger partial charge in [-0.25, -0.2) is 4.98 Å². The van der Waals surface area contributed by atoms with E-state index in [0.29, 0.717) is 17.2 Å². The fourth-order valence-corrected chi connectivity index (χ4v) is 5.53. The lowest BCUT2D eigenvalue weighted by molar-refractivity contribution is -0.384. The number of ether oxygens (including phenoxy) is 1. The minimum Gasteiger partial charge on any atom is -0.439 e. The Morgan fingerprint density at radius 2 is 1.89 bits per heavy atom. The van der Waals surface area contributed by atoms with Gasteiger partial charge in [0.1, 0.15) is 11.3 Å². The average Bonchev–Trinajstić information content (AvgIpc) is 3.42. The number of hydrogen-bond acceptors (Lipinski definition) is 8. The Kier molecular flexibility index (Phi) is 7.57. The van der Waals surface area contributed by atoms with Gasteiger partial charge in [-0.15, -0.1) is 0 Å². The van der Waals surface area contributed by atoms with Gasteiger partial charge in [-0.3, -0.25) is 10.1 Å². The lowest BCUT2D eigenvalue weighted by Crippen LogP contribution is -2.61. The molecule has 3 aromatic rings. The number of nitrogens with two attached hydrogens (primary N) is 1. The van der Waals surface area contributed by atoms with Gasteiger partial charge in [0.2, 0.25) is 5.89 Å².